The van der Waals surface area contributed by atoms with Crippen molar-refractivity contribution in [3.05, 3.63) is 53.1 Å². The quantitative estimate of drug-likeness (QED) is 0.156. The average molecular weight is 741 g/mol. The molecule has 0 N–H and O–H groups in total. The van der Waals surface area contributed by atoms with Gasteiger partial charge in [0.2, 0.25) is 0 Å². The first-order valence-electron chi connectivity index (χ1n) is 19.4. The monoisotopic (exact) mass is 740 g/mol. The van der Waals surface area contributed by atoms with Crippen molar-refractivity contribution in [2.24, 2.45) is 17.8 Å². The van der Waals surface area contributed by atoms with Gasteiger partial charge in [-0.15, -0.1) is 0 Å². The molecular weight excluding hydrogens is 673 g/mol. The van der Waals surface area contributed by atoms with Crippen molar-refractivity contribution < 1.29 is 32.7 Å². The minimum atomic E-state index is -2.11. The lowest BCUT2D eigenvalue weighted by molar-refractivity contribution is -0.164. The van der Waals surface area contributed by atoms with Crippen molar-refractivity contribution in [3.63, 3.8) is 0 Å². The molecule has 1 saturated heterocycles. The summed E-state index contributed by atoms with van der Waals surface area (Å²) >= 11 is 0. The van der Waals surface area contributed by atoms with E-state index in [1.807, 2.05) is 26.0 Å². The zero-order chi connectivity index (χ0) is 38.1. The number of hydrogen-bond donors (Lipinski definition) is 0. The molecule has 4 rings (SSSR count). The van der Waals surface area contributed by atoms with Crippen molar-refractivity contribution in [2.75, 3.05) is 0 Å². The highest BCUT2D eigenvalue weighted by Crippen LogP contribution is 2.47. The number of carbonyl (C=O) groups excluding carboxylic acids is 2. The molecule has 1 unspecified atom stereocenters. The predicted molar refractivity (Wildman–Crippen MR) is 211 cm³/mol. The van der Waals surface area contributed by atoms with Gasteiger partial charge in [0.1, 0.15) is 18.0 Å². The lowest BCUT2D eigenvalue weighted by Crippen LogP contribution is -2.49. The minimum Gasteiger partial charge on any atom is -0.478 e. The van der Waals surface area contributed by atoms with Crippen molar-refractivity contribution >= 4 is 28.6 Å². The second-order valence-corrected chi connectivity index (χ2v) is 28.1. The maximum absolute atomic E-state index is 14.0. The molecule has 1 fully saturated rings. The molecule has 3 aliphatic rings. The summed E-state index contributed by atoms with van der Waals surface area (Å²) < 4.78 is 32.5. The molecule has 1 aliphatic heterocycles. The fourth-order valence-corrected chi connectivity index (χ4v) is 9.94. The van der Waals surface area contributed by atoms with E-state index < -0.39 is 22.7 Å². The van der Waals surface area contributed by atoms with E-state index in [0.29, 0.717) is 25.0 Å². The van der Waals surface area contributed by atoms with Crippen molar-refractivity contribution in [1.82, 2.24) is 0 Å². The second kappa shape index (κ2) is 16.0. The molecule has 1 aromatic carbocycles. The normalized spacial score (nSPS) is 28.0. The number of esters is 2. The largest absolute Gasteiger partial charge is 0.478 e. The van der Waals surface area contributed by atoms with Crippen LogP contribution in [0.3, 0.4) is 0 Å². The highest BCUT2D eigenvalue weighted by atomic mass is 28.4. The first-order valence-corrected chi connectivity index (χ1v) is 25.2. The van der Waals surface area contributed by atoms with Gasteiger partial charge in [0.05, 0.1) is 18.6 Å². The van der Waals surface area contributed by atoms with E-state index >= 15 is 0 Å². The van der Waals surface area contributed by atoms with Crippen LogP contribution in [0.5, 0.6) is 5.75 Å². The Labute approximate surface area is 311 Å². The third kappa shape index (κ3) is 10.3. The third-order valence-electron chi connectivity index (χ3n) is 12.4. The number of carbonyl (C=O) groups is 2. The van der Waals surface area contributed by atoms with Crippen LogP contribution in [-0.2, 0) is 27.9 Å². The van der Waals surface area contributed by atoms with Crippen molar-refractivity contribution in [3.8, 4) is 5.75 Å². The molecule has 0 spiro atoms. The van der Waals surface area contributed by atoms with Gasteiger partial charge < -0.3 is 23.1 Å². The number of fused-ring (bicyclic) bond motifs is 1. The van der Waals surface area contributed by atoms with Gasteiger partial charge in [0.25, 0.3) is 0 Å². The summed E-state index contributed by atoms with van der Waals surface area (Å²) in [7, 11) is -4.15. The molecule has 2 aliphatic carbocycles. The van der Waals surface area contributed by atoms with E-state index in [-0.39, 0.29) is 64.2 Å². The lowest BCUT2D eigenvalue weighted by atomic mass is 9.66. The van der Waals surface area contributed by atoms with Gasteiger partial charge in [0.15, 0.2) is 22.7 Å². The summed E-state index contributed by atoms with van der Waals surface area (Å²) in [5, 5.41) is 0.113. The molecule has 286 valence electrons. The van der Waals surface area contributed by atoms with Crippen LogP contribution in [0.15, 0.2) is 42.0 Å². The number of aryl methyl sites for hydroxylation is 2. The molecule has 9 heteroatoms. The van der Waals surface area contributed by atoms with Crippen molar-refractivity contribution in [2.45, 2.75) is 175 Å². The Bertz CT molecular complexity index is 1450. The molecule has 51 heavy (non-hydrogen) atoms. The molecule has 0 aromatic heterocycles. The van der Waals surface area contributed by atoms with E-state index in [2.05, 4.69) is 106 Å². The van der Waals surface area contributed by atoms with E-state index in [0.717, 1.165) is 30.4 Å². The van der Waals surface area contributed by atoms with Gasteiger partial charge in [0, 0.05) is 18.8 Å². The van der Waals surface area contributed by atoms with Gasteiger partial charge in [-0.25, -0.2) is 4.79 Å². The summed E-state index contributed by atoms with van der Waals surface area (Å²) in [5.74, 6) is 0.675. The molecule has 7 nitrogen and oxygen atoms in total. The molecule has 0 bridgehead atoms. The van der Waals surface area contributed by atoms with Gasteiger partial charge in [-0.2, -0.15) is 0 Å². The number of rotatable bonds is 12. The Morgan fingerprint density at radius 3 is 2.22 bits per heavy atom. The Morgan fingerprint density at radius 2 is 1.61 bits per heavy atom. The SMILES string of the molecule is CCC(Oc1ccc(C)cc1C)C(=O)O[C@H]1C[C@H](O[Si](C)(C)C(C)(C)C)C=C2C=C[C@H](C)[C@H](CC[C@@H]3C[C@@H](O[Si](C)(C)C(C)(C)C)CC(=O)O3)[C@H]21. The van der Waals surface area contributed by atoms with E-state index in [1.165, 1.54) is 5.57 Å². The molecule has 1 aromatic rings. The Balaban J connectivity index is 1.58. The van der Waals surface area contributed by atoms with Crippen LogP contribution in [0.1, 0.15) is 105 Å². The summed E-state index contributed by atoms with van der Waals surface area (Å²) in [6.07, 6.45) is 8.98. The minimum absolute atomic E-state index is 0.00500. The maximum Gasteiger partial charge on any atom is 0.347 e. The van der Waals surface area contributed by atoms with E-state index in [9.17, 15) is 9.59 Å². The molecule has 0 amide bonds. The number of hydrogen-bond acceptors (Lipinski definition) is 7. The van der Waals surface area contributed by atoms with Gasteiger partial charge >= 0.3 is 11.9 Å². The first-order chi connectivity index (χ1) is 23.5. The Kier molecular flexibility index (Phi) is 13.1. The summed E-state index contributed by atoms with van der Waals surface area (Å²) in [6, 6.07) is 6.02. The number of benzene rings is 1. The molecule has 8 atom stereocenters. The van der Waals surface area contributed by atoms with Crippen LogP contribution >= 0.6 is 0 Å². The van der Waals surface area contributed by atoms with Gasteiger partial charge in [-0.05, 0) is 98.4 Å². The third-order valence-corrected chi connectivity index (χ3v) is 21.5. The standard InChI is InChI=1S/C42H68O7Si2/c1-15-35(46-36-21-16-27(2)22-29(36)4)40(44)47-37-25-32(48-50(11,12)41(5,6)7)23-30-18-17-28(3)34(39(30)37)20-19-31-24-33(26-38(43)45-31)49-51(13,14)42(8,9)10/h16-18,21-23,28,31-35,37,39H,15,19-20,24-26H2,1-14H3/t28-,31+,32+,33+,34-,35?,37-,39-/m0/s1. The smallest absolute Gasteiger partial charge is 0.347 e. The second-order valence-electron chi connectivity index (χ2n) is 18.6. The van der Waals surface area contributed by atoms with Crippen LogP contribution in [0, 0.1) is 31.6 Å². The zero-order valence-electron chi connectivity index (χ0n) is 34.2. The van der Waals surface area contributed by atoms with Crippen LogP contribution in [0.2, 0.25) is 36.3 Å². The molecule has 0 saturated carbocycles. The molecule has 0 radical (unpaired) electrons. The van der Waals surface area contributed by atoms with E-state index in [1.54, 1.807) is 0 Å². The Morgan fingerprint density at radius 1 is 0.961 bits per heavy atom. The highest BCUT2D eigenvalue weighted by Gasteiger charge is 2.47. The average Bonchev–Trinajstić information content (AvgIpc) is 2.98. The summed E-state index contributed by atoms with van der Waals surface area (Å²) in [4.78, 5) is 26.8. The Hall–Kier alpha value is -2.21. The highest BCUT2D eigenvalue weighted by molar-refractivity contribution is 6.74. The van der Waals surface area contributed by atoms with Crippen LogP contribution in [0.4, 0.5) is 0 Å². The fraction of sp³-hybridized carbons (Fsp3) is 0.714. The number of allylic oxidation sites excluding steroid dienone is 2. The summed E-state index contributed by atoms with van der Waals surface area (Å²) in [5.41, 5.74) is 3.32. The maximum atomic E-state index is 14.0. The van der Waals surface area contributed by atoms with Crippen LogP contribution in [-0.4, -0.2) is 59.1 Å². The van der Waals surface area contributed by atoms with Crippen LogP contribution in [0.25, 0.3) is 0 Å². The van der Waals surface area contributed by atoms with Crippen LogP contribution < -0.4 is 4.74 Å². The summed E-state index contributed by atoms with van der Waals surface area (Å²) in [6.45, 7) is 30.8. The fourth-order valence-electron chi connectivity index (χ4n) is 7.30. The zero-order valence-corrected chi connectivity index (χ0v) is 36.2. The van der Waals surface area contributed by atoms with Gasteiger partial charge in [-0.3, -0.25) is 4.79 Å². The molecular formula is C42H68O7Si2. The topological polar surface area (TPSA) is 80.3 Å². The number of cyclic esters (lactones) is 1. The number of ether oxygens (including phenoxy) is 3. The van der Waals surface area contributed by atoms with E-state index in [4.69, 9.17) is 23.1 Å². The predicted octanol–water partition coefficient (Wildman–Crippen LogP) is 10.4. The lowest BCUT2D eigenvalue weighted by Gasteiger charge is -2.46. The molecule has 1 heterocycles. The first kappa shape index (κ1) is 41.5. The van der Waals surface area contributed by atoms with Crippen molar-refractivity contribution in [1.29, 1.82) is 0 Å². The van der Waals surface area contributed by atoms with Gasteiger partial charge in [-0.1, -0.05) is 91.3 Å².